The summed E-state index contributed by atoms with van der Waals surface area (Å²) in [6.45, 7) is 7.40. The zero-order valence-electron chi connectivity index (χ0n) is 17.6. The van der Waals surface area contributed by atoms with Crippen LogP contribution < -0.4 is 4.74 Å². The Labute approximate surface area is 177 Å². The predicted molar refractivity (Wildman–Crippen MR) is 120 cm³/mol. The number of para-hydroxylation sites is 1. The molecule has 0 bridgehead atoms. The summed E-state index contributed by atoms with van der Waals surface area (Å²) >= 11 is 0. The Morgan fingerprint density at radius 1 is 1.07 bits per heavy atom. The van der Waals surface area contributed by atoms with Crippen molar-refractivity contribution in [2.45, 2.75) is 13.5 Å². The molecular weight excluding hydrogens is 376 g/mol. The zero-order chi connectivity index (χ0) is 20.9. The highest BCUT2D eigenvalue weighted by atomic mass is 16.5. The third-order valence-electron chi connectivity index (χ3n) is 5.76. The lowest BCUT2D eigenvalue weighted by molar-refractivity contribution is 0.0365. The minimum atomic E-state index is 0.0321. The molecule has 0 spiro atoms. The fourth-order valence-electron chi connectivity index (χ4n) is 4.07. The van der Waals surface area contributed by atoms with Crippen LogP contribution >= 0.6 is 0 Å². The van der Waals surface area contributed by atoms with Gasteiger partial charge in [0.25, 0.3) is 0 Å². The molecule has 30 heavy (non-hydrogen) atoms. The van der Waals surface area contributed by atoms with E-state index in [0.717, 1.165) is 72.9 Å². The lowest BCUT2D eigenvalue weighted by atomic mass is 10.1. The molecule has 1 fully saturated rings. The van der Waals surface area contributed by atoms with E-state index in [1.165, 1.54) is 0 Å². The number of methoxy groups -OCH3 is 1. The van der Waals surface area contributed by atoms with E-state index < -0.39 is 0 Å². The van der Waals surface area contributed by atoms with Gasteiger partial charge < -0.3 is 14.0 Å². The Morgan fingerprint density at radius 2 is 1.80 bits per heavy atom. The van der Waals surface area contributed by atoms with Crippen LogP contribution in [-0.4, -0.2) is 55.2 Å². The Morgan fingerprint density at radius 3 is 2.53 bits per heavy atom. The quantitative estimate of drug-likeness (QED) is 0.438. The van der Waals surface area contributed by atoms with E-state index in [0.29, 0.717) is 0 Å². The monoisotopic (exact) mass is 404 g/mol. The summed E-state index contributed by atoms with van der Waals surface area (Å²) in [4.78, 5) is 15.6. The van der Waals surface area contributed by atoms with Crippen molar-refractivity contribution in [1.82, 2.24) is 9.47 Å². The molecule has 2 heterocycles. The van der Waals surface area contributed by atoms with Crippen molar-refractivity contribution in [3.05, 3.63) is 71.4 Å². The van der Waals surface area contributed by atoms with E-state index in [1.54, 1.807) is 13.2 Å². The second kappa shape index (κ2) is 9.28. The molecule has 5 nitrogen and oxygen atoms in total. The van der Waals surface area contributed by atoms with Crippen LogP contribution in [0, 0.1) is 6.92 Å². The van der Waals surface area contributed by atoms with E-state index in [1.807, 2.05) is 55.5 Å². The first kappa shape index (κ1) is 20.4. The van der Waals surface area contributed by atoms with E-state index in [9.17, 15) is 4.79 Å². The van der Waals surface area contributed by atoms with Gasteiger partial charge in [0, 0.05) is 42.8 Å². The molecule has 5 heteroatoms. The fourth-order valence-corrected chi connectivity index (χ4v) is 4.07. The van der Waals surface area contributed by atoms with E-state index in [-0.39, 0.29) is 5.78 Å². The van der Waals surface area contributed by atoms with Gasteiger partial charge in [-0.05, 0) is 36.8 Å². The van der Waals surface area contributed by atoms with Gasteiger partial charge in [-0.1, -0.05) is 36.4 Å². The standard InChI is InChI=1S/C25H28N2O3/c1-19-25(24(28)12-9-20-7-10-21(29-2)11-8-20)22-5-3-4-6-23(22)27(19)14-13-26-15-17-30-18-16-26/h3-12H,13-18H2,1-2H3/b12-9+. The molecule has 4 rings (SSSR count). The lowest BCUT2D eigenvalue weighted by Gasteiger charge is -2.27. The van der Waals surface area contributed by atoms with Crippen LogP contribution in [0.1, 0.15) is 21.6 Å². The van der Waals surface area contributed by atoms with Gasteiger partial charge in [0.2, 0.25) is 0 Å². The molecular formula is C25H28N2O3. The number of benzene rings is 2. The van der Waals surface area contributed by atoms with Crippen LogP contribution in [-0.2, 0) is 11.3 Å². The lowest BCUT2D eigenvalue weighted by Crippen LogP contribution is -2.38. The third-order valence-corrected chi connectivity index (χ3v) is 5.76. The molecule has 0 atom stereocenters. The molecule has 0 N–H and O–H groups in total. The molecule has 1 aromatic heterocycles. The van der Waals surface area contributed by atoms with Crippen LogP contribution in [0.3, 0.4) is 0 Å². The molecule has 0 radical (unpaired) electrons. The largest absolute Gasteiger partial charge is 0.497 e. The summed E-state index contributed by atoms with van der Waals surface area (Å²) in [5, 5.41) is 1.02. The summed E-state index contributed by atoms with van der Waals surface area (Å²) in [7, 11) is 1.64. The Balaban J connectivity index is 1.58. The number of nitrogens with zero attached hydrogens (tertiary/aromatic N) is 2. The van der Waals surface area contributed by atoms with Crippen LogP contribution in [0.25, 0.3) is 17.0 Å². The van der Waals surface area contributed by atoms with Crippen molar-refractivity contribution in [3.8, 4) is 5.75 Å². The van der Waals surface area contributed by atoms with Crippen LogP contribution in [0.5, 0.6) is 5.75 Å². The maximum atomic E-state index is 13.1. The van der Waals surface area contributed by atoms with Crippen molar-refractivity contribution in [3.63, 3.8) is 0 Å². The number of rotatable bonds is 7. The SMILES string of the molecule is COc1ccc(/C=C/C(=O)c2c(C)n(CCN3CCOCC3)c3ccccc23)cc1. The molecule has 0 unspecified atom stereocenters. The molecule has 2 aromatic carbocycles. The third kappa shape index (κ3) is 4.32. The van der Waals surface area contributed by atoms with Gasteiger partial charge in [-0.25, -0.2) is 0 Å². The minimum Gasteiger partial charge on any atom is -0.497 e. The first-order valence-electron chi connectivity index (χ1n) is 10.4. The van der Waals surface area contributed by atoms with Gasteiger partial charge in [0.1, 0.15) is 5.75 Å². The normalized spacial score (nSPS) is 15.1. The molecule has 1 aliphatic heterocycles. The van der Waals surface area contributed by atoms with Crippen molar-refractivity contribution >= 4 is 22.8 Å². The summed E-state index contributed by atoms with van der Waals surface area (Å²) in [5.74, 6) is 0.835. The second-order valence-electron chi connectivity index (χ2n) is 7.55. The summed E-state index contributed by atoms with van der Waals surface area (Å²) in [5.41, 5.74) is 3.90. The molecule has 1 saturated heterocycles. The van der Waals surface area contributed by atoms with E-state index >= 15 is 0 Å². The Kier molecular flexibility index (Phi) is 6.31. The topological polar surface area (TPSA) is 43.7 Å². The number of hydrogen-bond acceptors (Lipinski definition) is 4. The maximum Gasteiger partial charge on any atom is 0.188 e. The molecule has 1 aliphatic rings. The number of morpholine rings is 1. The molecule has 156 valence electrons. The van der Waals surface area contributed by atoms with E-state index in [2.05, 4.69) is 15.5 Å². The summed E-state index contributed by atoms with van der Waals surface area (Å²) in [6, 6.07) is 15.9. The van der Waals surface area contributed by atoms with Crippen LogP contribution in [0.15, 0.2) is 54.6 Å². The van der Waals surface area contributed by atoms with Gasteiger partial charge in [0.05, 0.1) is 25.9 Å². The molecule has 0 amide bonds. The van der Waals surface area contributed by atoms with Gasteiger partial charge in [-0.3, -0.25) is 9.69 Å². The van der Waals surface area contributed by atoms with Gasteiger partial charge in [0.15, 0.2) is 5.78 Å². The minimum absolute atomic E-state index is 0.0321. The zero-order valence-corrected chi connectivity index (χ0v) is 17.6. The number of aromatic nitrogens is 1. The molecule has 0 saturated carbocycles. The highest BCUT2D eigenvalue weighted by Crippen LogP contribution is 2.27. The second-order valence-corrected chi connectivity index (χ2v) is 7.55. The maximum absolute atomic E-state index is 13.1. The number of hydrogen-bond donors (Lipinski definition) is 0. The van der Waals surface area contributed by atoms with Gasteiger partial charge in [-0.15, -0.1) is 0 Å². The first-order valence-corrected chi connectivity index (χ1v) is 10.4. The number of carbonyl (C=O) groups is 1. The number of ether oxygens (including phenoxy) is 2. The van der Waals surface area contributed by atoms with Crippen molar-refractivity contribution in [2.75, 3.05) is 40.0 Å². The van der Waals surface area contributed by atoms with Gasteiger partial charge >= 0.3 is 0 Å². The summed E-state index contributed by atoms with van der Waals surface area (Å²) < 4.78 is 12.9. The summed E-state index contributed by atoms with van der Waals surface area (Å²) in [6.07, 6.45) is 3.53. The first-order chi connectivity index (χ1) is 14.7. The average molecular weight is 405 g/mol. The van der Waals surface area contributed by atoms with E-state index in [4.69, 9.17) is 9.47 Å². The van der Waals surface area contributed by atoms with Crippen molar-refractivity contribution in [1.29, 1.82) is 0 Å². The highest BCUT2D eigenvalue weighted by Gasteiger charge is 2.19. The predicted octanol–water partition coefficient (Wildman–Crippen LogP) is 4.19. The van der Waals surface area contributed by atoms with Crippen molar-refractivity contribution in [2.24, 2.45) is 0 Å². The molecule has 3 aromatic rings. The average Bonchev–Trinajstić information content (AvgIpc) is 3.08. The number of carbonyl (C=O) groups excluding carboxylic acids is 1. The molecule has 0 aliphatic carbocycles. The number of fused-ring (bicyclic) bond motifs is 1. The Hall–Kier alpha value is -2.89. The van der Waals surface area contributed by atoms with Crippen LogP contribution in [0.2, 0.25) is 0 Å². The smallest absolute Gasteiger partial charge is 0.188 e. The van der Waals surface area contributed by atoms with Crippen molar-refractivity contribution < 1.29 is 14.3 Å². The Bertz CT molecular complexity index is 1040. The number of ketones is 1. The van der Waals surface area contributed by atoms with Crippen LogP contribution in [0.4, 0.5) is 0 Å². The fraction of sp³-hybridized carbons (Fsp3) is 0.320. The number of allylic oxidation sites excluding steroid dienone is 1. The highest BCUT2D eigenvalue weighted by molar-refractivity contribution is 6.16. The van der Waals surface area contributed by atoms with Gasteiger partial charge in [-0.2, -0.15) is 0 Å².